The van der Waals surface area contributed by atoms with E-state index >= 15 is 0 Å². The normalized spacial score (nSPS) is 14.3. The van der Waals surface area contributed by atoms with Crippen LogP contribution in [0, 0.1) is 0 Å². The predicted molar refractivity (Wildman–Crippen MR) is 355 cm³/mol. The van der Waals surface area contributed by atoms with Gasteiger partial charge < -0.3 is 19.8 Å². The molecule has 0 aliphatic carbocycles. The first kappa shape index (κ1) is 78.4. The second kappa shape index (κ2) is 62.0. The van der Waals surface area contributed by atoms with Crippen LogP contribution < -0.4 is 5.32 Å². The monoisotopic (exact) mass is 1150 g/mol. The summed E-state index contributed by atoms with van der Waals surface area (Å²) in [5, 5.41) is 14.0. The lowest BCUT2D eigenvalue weighted by molar-refractivity contribution is -0.870. The van der Waals surface area contributed by atoms with Crippen LogP contribution in [0.1, 0.15) is 303 Å². The summed E-state index contributed by atoms with van der Waals surface area (Å²) >= 11 is 0. The van der Waals surface area contributed by atoms with Crippen molar-refractivity contribution in [3.05, 3.63) is 97.2 Å². The molecule has 81 heavy (non-hydrogen) atoms. The lowest BCUT2D eigenvalue weighted by atomic mass is 10.0. The molecule has 0 saturated carbocycles. The number of carbonyl (C=O) groups is 1. The number of nitrogens with one attached hydrogen (secondary N) is 1. The van der Waals surface area contributed by atoms with Crippen molar-refractivity contribution in [3.8, 4) is 0 Å². The van der Waals surface area contributed by atoms with Gasteiger partial charge in [0.1, 0.15) is 13.2 Å². The summed E-state index contributed by atoms with van der Waals surface area (Å²) in [6.07, 6.45) is 89.8. The van der Waals surface area contributed by atoms with E-state index in [4.69, 9.17) is 9.05 Å². The number of carbonyl (C=O) groups excluding carboxylic acids is 1. The molecule has 8 nitrogen and oxygen atoms in total. The zero-order chi connectivity index (χ0) is 59.1. The average molecular weight is 1150 g/mol. The van der Waals surface area contributed by atoms with Gasteiger partial charge in [-0.25, -0.2) is 4.57 Å². The number of unbranched alkanes of at least 4 members (excludes halogenated alkanes) is 35. The van der Waals surface area contributed by atoms with Crippen molar-refractivity contribution < 1.29 is 32.9 Å². The quantitative estimate of drug-likeness (QED) is 0.0243. The molecular weight excluding hydrogens is 1020 g/mol. The van der Waals surface area contributed by atoms with Crippen LogP contribution >= 0.6 is 7.82 Å². The van der Waals surface area contributed by atoms with Crippen molar-refractivity contribution in [3.63, 3.8) is 0 Å². The largest absolute Gasteiger partial charge is 0.472 e. The number of likely N-dealkylation sites (N-methyl/N-ethyl adjacent to an activating group) is 1. The zero-order valence-electron chi connectivity index (χ0n) is 53.8. The Hall–Kier alpha value is -2.58. The predicted octanol–water partition coefficient (Wildman–Crippen LogP) is 21.7. The lowest BCUT2D eigenvalue weighted by Crippen LogP contribution is -2.45. The molecular formula is C72H132N2O6P+. The Bertz CT molecular complexity index is 1640. The fourth-order valence-corrected chi connectivity index (χ4v) is 10.5. The van der Waals surface area contributed by atoms with E-state index in [-0.39, 0.29) is 19.1 Å². The number of allylic oxidation sites excluding steroid dienone is 15. The smallest absolute Gasteiger partial charge is 0.387 e. The van der Waals surface area contributed by atoms with Gasteiger partial charge in [0.2, 0.25) is 5.91 Å². The maximum absolute atomic E-state index is 13.0. The van der Waals surface area contributed by atoms with Gasteiger partial charge in [0, 0.05) is 6.42 Å². The van der Waals surface area contributed by atoms with Gasteiger partial charge in [0.15, 0.2) is 0 Å². The van der Waals surface area contributed by atoms with Crippen LogP contribution in [-0.4, -0.2) is 73.4 Å². The fraction of sp³-hybridized carbons (Fsp3) is 0.764. The Morgan fingerprint density at radius 2 is 0.753 bits per heavy atom. The number of phosphoric acid groups is 1. The van der Waals surface area contributed by atoms with Gasteiger partial charge in [0.25, 0.3) is 0 Å². The minimum atomic E-state index is -4.36. The minimum absolute atomic E-state index is 0.0539. The van der Waals surface area contributed by atoms with E-state index < -0.39 is 20.0 Å². The fourth-order valence-electron chi connectivity index (χ4n) is 9.77. The molecule has 0 aromatic rings. The first-order valence-electron chi connectivity index (χ1n) is 34.1. The Morgan fingerprint density at radius 3 is 1.14 bits per heavy atom. The van der Waals surface area contributed by atoms with Gasteiger partial charge in [-0.3, -0.25) is 13.8 Å². The number of aliphatic hydroxyl groups excluding tert-OH is 1. The molecule has 1 amide bonds. The number of aliphatic hydroxyl groups is 1. The minimum Gasteiger partial charge on any atom is -0.387 e. The van der Waals surface area contributed by atoms with Crippen LogP contribution in [0.3, 0.4) is 0 Å². The number of quaternary nitrogens is 1. The van der Waals surface area contributed by atoms with Gasteiger partial charge in [-0.05, 0) is 83.5 Å². The van der Waals surface area contributed by atoms with Gasteiger partial charge in [-0.1, -0.05) is 310 Å². The molecule has 0 radical (unpaired) electrons. The number of rotatable bonds is 62. The molecule has 0 rings (SSSR count). The van der Waals surface area contributed by atoms with Crippen molar-refractivity contribution in [1.29, 1.82) is 0 Å². The van der Waals surface area contributed by atoms with E-state index in [1.165, 1.54) is 205 Å². The van der Waals surface area contributed by atoms with Crippen LogP contribution in [0.5, 0.6) is 0 Å². The van der Waals surface area contributed by atoms with Crippen LogP contribution in [0.15, 0.2) is 97.2 Å². The molecule has 0 fully saturated rings. The van der Waals surface area contributed by atoms with Crippen molar-refractivity contribution in [1.82, 2.24) is 5.32 Å². The van der Waals surface area contributed by atoms with Crippen LogP contribution in [-0.2, 0) is 18.4 Å². The molecule has 3 unspecified atom stereocenters. The van der Waals surface area contributed by atoms with Crippen molar-refractivity contribution >= 4 is 13.7 Å². The lowest BCUT2D eigenvalue weighted by Gasteiger charge is -2.25. The van der Waals surface area contributed by atoms with Crippen molar-refractivity contribution in [2.24, 2.45) is 0 Å². The third-order valence-corrected chi connectivity index (χ3v) is 16.0. The SMILES string of the molecule is CC/C=C\C/C=C\C/C=C\C/C=C\C/C=C\C/C=C\CCCCCCCCCCCCCCCCCCC(=O)NC(COP(=O)(O)OCC[N+](C)(C)C)C(O)/C=C/CC/C=C/CCCCCCCCCCCCCCCCCCCC. The standard InChI is InChI=1S/C72H131N2O6P/c1-6-8-10-12-14-16-18-20-22-24-26-28-30-32-33-34-35-36-37-38-39-40-41-42-44-46-48-50-52-54-56-58-60-62-64-66-72(76)73-70(69-80-81(77,78)79-68-67-74(3,4)5)71(75)65-63-61-59-57-55-53-51-49-47-45-43-31-29-27-25-23-21-19-17-15-13-11-9-7-2/h8,10,14,16,20,22,26,28,32-33,35-36,55,57,63,65,70-71,75H,6-7,9,11-13,15,17-19,21,23-25,27,29-31,34,37-54,56,58-62,64,66-69H2,1-5H3,(H-,73,76,77,78)/p+1/b10-8-,16-14-,22-20-,28-26-,33-32-,36-35-,57-55+,65-63+. The third-order valence-electron chi connectivity index (χ3n) is 15.0. The Kier molecular flexibility index (Phi) is 60.0. The third kappa shape index (κ3) is 64.8. The molecule has 0 aliphatic rings. The highest BCUT2D eigenvalue weighted by atomic mass is 31.2. The topological polar surface area (TPSA) is 105 Å². The zero-order valence-corrected chi connectivity index (χ0v) is 54.6. The van der Waals surface area contributed by atoms with E-state index in [0.717, 1.165) is 77.0 Å². The number of hydrogen-bond donors (Lipinski definition) is 3. The molecule has 0 bridgehead atoms. The molecule has 0 aromatic heterocycles. The molecule has 0 aromatic carbocycles. The number of hydrogen-bond acceptors (Lipinski definition) is 5. The highest BCUT2D eigenvalue weighted by Crippen LogP contribution is 2.43. The molecule has 0 saturated heterocycles. The van der Waals surface area contributed by atoms with Crippen molar-refractivity contribution in [2.75, 3.05) is 40.9 Å². The summed E-state index contributed by atoms with van der Waals surface area (Å²) in [5.74, 6) is -0.186. The van der Waals surface area contributed by atoms with Gasteiger partial charge in [-0.2, -0.15) is 0 Å². The van der Waals surface area contributed by atoms with Gasteiger partial charge >= 0.3 is 7.82 Å². The first-order chi connectivity index (χ1) is 39.5. The van der Waals surface area contributed by atoms with E-state index in [1.807, 2.05) is 27.2 Å². The molecule has 470 valence electrons. The van der Waals surface area contributed by atoms with Crippen LogP contribution in [0.4, 0.5) is 0 Å². The van der Waals surface area contributed by atoms with Crippen molar-refractivity contribution in [2.45, 2.75) is 315 Å². The summed E-state index contributed by atoms with van der Waals surface area (Å²) in [7, 11) is 1.56. The van der Waals surface area contributed by atoms with Crippen LogP contribution in [0.2, 0.25) is 0 Å². The van der Waals surface area contributed by atoms with Gasteiger partial charge in [0.05, 0.1) is 39.9 Å². The van der Waals surface area contributed by atoms with E-state index in [2.05, 4.69) is 104 Å². The Balaban J connectivity index is 4.11. The summed E-state index contributed by atoms with van der Waals surface area (Å²) in [6.45, 7) is 4.71. The van der Waals surface area contributed by atoms with E-state index in [1.54, 1.807) is 6.08 Å². The second-order valence-corrected chi connectivity index (χ2v) is 25.6. The summed E-state index contributed by atoms with van der Waals surface area (Å²) in [4.78, 5) is 23.4. The highest BCUT2D eigenvalue weighted by molar-refractivity contribution is 7.47. The van der Waals surface area contributed by atoms with E-state index in [9.17, 15) is 19.4 Å². The summed E-state index contributed by atoms with van der Waals surface area (Å²) in [5.41, 5.74) is 0. The Morgan fingerprint density at radius 1 is 0.432 bits per heavy atom. The Labute approximate surface area is 502 Å². The molecule has 0 aliphatic heterocycles. The highest BCUT2D eigenvalue weighted by Gasteiger charge is 2.28. The number of phosphoric ester groups is 1. The molecule has 3 N–H and O–H groups in total. The second-order valence-electron chi connectivity index (χ2n) is 24.2. The molecule has 3 atom stereocenters. The van der Waals surface area contributed by atoms with Crippen LogP contribution in [0.25, 0.3) is 0 Å². The van der Waals surface area contributed by atoms with Gasteiger partial charge in [-0.15, -0.1) is 0 Å². The first-order valence-corrected chi connectivity index (χ1v) is 35.6. The number of amides is 1. The molecule has 0 spiro atoms. The van der Waals surface area contributed by atoms with E-state index in [0.29, 0.717) is 17.4 Å². The molecule has 0 heterocycles. The maximum Gasteiger partial charge on any atom is 0.472 e. The maximum atomic E-state index is 13.0. The summed E-state index contributed by atoms with van der Waals surface area (Å²) < 4.78 is 23.8. The molecule has 9 heteroatoms. The average Bonchev–Trinajstić information content (AvgIpc) is 3.43. The summed E-state index contributed by atoms with van der Waals surface area (Å²) in [6, 6.07) is -0.869. The number of nitrogens with zero attached hydrogens (tertiary/aromatic N) is 1.